The van der Waals surface area contributed by atoms with E-state index in [9.17, 15) is 4.91 Å². The van der Waals surface area contributed by atoms with E-state index in [1.54, 1.807) is 24.5 Å². The average Bonchev–Trinajstić information content (AvgIpc) is 2.82. The molecule has 5 heteroatoms. The fourth-order valence-corrected chi connectivity index (χ4v) is 2.76. The zero-order valence-electron chi connectivity index (χ0n) is 13.4. The van der Waals surface area contributed by atoms with Gasteiger partial charge in [-0.15, -0.1) is 4.91 Å². The second-order valence-corrected chi connectivity index (χ2v) is 4.52. The summed E-state index contributed by atoms with van der Waals surface area (Å²) in [6.45, 7) is -4.36. The van der Waals surface area contributed by atoms with Crippen LogP contribution in [0.2, 0.25) is 0 Å². The van der Waals surface area contributed by atoms with Crippen LogP contribution in [0.4, 0.5) is 0 Å². The Morgan fingerprint density at radius 3 is 2.22 bits per heavy atom. The Hall–Kier alpha value is -2.04. The van der Waals surface area contributed by atoms with Crippen LogP contribution in [0.25, 0.3) is 11.0 Å². The van der Waals surface area contributed by atoms with Gasteiger partial charge in [0.25, 0.3) is 0 Å². The van der Waals surface area contributed by atoms with Crippen molar-refractivity contribution < 1.29 is 5.48 Å². The molecule has 2 unspecified atom stereocenters. The van der Waals surface area contributed by atoms with Gasteiger partial charge in [0.15, 0.2) is 0 Å². The summed E-state index contributed by atoms with van der Waals surface area (Å²) in [5.74, 6) is -1.22. The molecule has 1 aromatic heterocycles. The highest BCUT2D eigenvalue weighted by Crippen LogP contribution is 2.46. The molecule has 2 heterocycles. The lowest BCUT2D eigenvalue weighted by Gasteiger charge is -2.26. The first-order chi connectivity index (χ1) is 10.4. The number of piperidine rings is 1. The molecular weight excluding hydrogens is 228 g/mol. The summed E-state index contributed by atoms with van der Waals surface area (Å²) in [6, 6.07) is 3.51. The van der Waals surface area contributed by atoms with Crippen molar-refractivity contribution in [2.24, 2.45) is 5.29 Å². The third kappa shape index (κ3) is 1.27. The van der Waals surface area contributed by atoms with Crippen LogP contribution in [0.3, 0.4) is 0 Å². The van der Waals surface area contributed by atoms with E-state index in [1.807, 2.05) is 0 Å². The van der Waals surface area contributed by atoms with Crippen molar-refractivity contribution in [1.29, 1.82) is 0 Å². The zero-order valence-corrected chi connectivity index (χ0v) is 9.37. The Kier molecular flexibility index (Phi) is 1.31. The first-order valence-electron chi connectivity index (χ1n) is 7.75. The van der Waals surface area contributed by atoms with E-state index in [0.717, 1.165) is 0 Å². The third-order valence-electron chi connectivity index (χ3n) is 3.53. The van der Waals surface area contributed by atoms with Gasteiger partial charge in [0.05, 0.1) is 21.8 Å². The molecular formula is C13H12N4O. The highest BCUT2D eigenvalue weighted by molar-refractivity contribution is 5.77. The van der Waals surface area contributed by atoms with Crippen LogP contribution in [0, 0.1) is 4.91 Å². The van der Waals surface area contributed by atoms with Crippen molar-refractivity contribution in [2.45, 2.75) is 18.3 Å². The molecule has 1 fully saturated rings. The van der Waals surface area contributed by atoms with Crippen LogP contribution in [0.1, 0.15) is 34.9 Å². The molecule has 0 saturated carbocycles. The lowest BCUT2D eigenvalue weighted by atomic mass is 9.97. The van der Waals surface area contributed by atoms with Crippen LogP contribution in [-0.2, 0) is 0 Å². The van der Waals surface area contributed by atoms with Gasteiger partial charge in [-0.1, -0.05) is 0 Å². The molecule has 5 nitrogen and oxygen atoms in total. The summed E-state index contributed by atoms with van der Waals surface area (Å²) < 4.78 is 32.7. The second kappa shape index (κ2) is 3.48. The summed E-state index contributed by atoms with van der Waals surface area (Å²) in [4.78, 5) is 19.5. The minimum absolute atomic E-state index is 0.303. The molecule has 1 aliphatic carbocycles. The van der Waals surface area contributed by atoms with Crippen molar-refractivity contribution in [3.8, 4) is 0 Å². The second-order valence-electron chi connectivity index (χ2n) is 4.52. The summed E-state index contributed by atoms with van der Waals surface area (Å²) in [5.41, 5.74) is 2.66. The molecule has 2 aliphatic rings. The molecule has 18 heavy (non-hydrogen) atoms. The monoisotopic (exact) mass is 244 g/mol. The fraction of sp³-hybridized carbons (Fsp3) is 0.385. The van der Waals surface area contributed by atoms with E-state index in [1.165, 1.54) is 0 Å². The number of fused-ring (bicyclic) bond motifs is 6. The highest BCUT2D eigenvalue weighted by Gasteiger charge is 2.38. The van der Waals surface area contributed by atoms with E-state index >= 15 is 0 Å². The topological polar surface area (TPSA) is 58.5 Å². The van der Waals surface area contributed by atoms with Crippen molar-refractivity contribution in [3.63, 3.8) is 0 Å². The molecule has 4 rings (SSSR count). The minimum Gasteiger partial charge on any atom is -0.260 e. The molecule has 90 valence electrons. The van der Waals surface area contributed by atoms with E-state index in [4.69, 9.17) is 5.48 Å². The number of nitrogens with zero attached hydrogens (tertiary/aromatic N) is 4. The van der Waals surface area contributed by atoms with Crippen LogP contribution in [0.5, 0.6) is 0 Å². The normalized spacial score (nSPS) is 34.1. The van der Waals surface area contributed by atoms with Gasteiger partial charge in [0, 0.05) is 37.2 Å². The van der Waals surface area contributed by atoms with Gasteiger partial charge in [-0.2, -0.15) is 0 Å². The number of nitroso groups, excluding NO2 is 1. The Balaban J connectivity index is 2.01. The SMILES string of the molecule is [2H]C1([2H])C2CC(c3cc4nccnc4cc32)C([2H])([2H])N1N=O. The number of aromatic nitrogens is 2. The van der Waals surface area contributed by atoms with Gasteiger partial charge in [0.2, 0.25) is 0 Å². The summed E-state index contributed by atoms with van der Waals surface area (Å²) in [5, 5.41) is 3.08. The van der Waals surface area contributed by atoms with E-state index < -0.39 is 24.8 Å². The highest BCUT2D eigenvalue weighted by atomic mass is 16.3. The summed E-state index contributed by atoms with van der Waals surface area (Å²) in [6.07, 6.45) is 3.42. The molecule has 2 aromatic rings. The molecule has 2 atom stereocenters. The molecule has 1 saturated heterocycles. The first-order valence-corrected chi connectivity index (χ1v) is 5.75. The Morgan fingerprint density at radius 1 is 1.17 bits per heavy atom. The molecule has 1 aromatic carbocycles. The van der Waals surface area contributed by atoms with Crippen molar-refractivity contribution in [2.75, 3.05) is 13.0 Å². The molecule has 0 amide bonds. The van der Waals surface area contributed by atoms with E-state index in [0.29, 0.717) is 33.6 Å². The van der Waals surface area contributed by atoms with Gasteiger partial charge in [-0.05, 0) is 29.7 Å². The van der Waals surface area contributed by atoms with Crippen LogP contribution in [-0.4, -0.2) is 28.0 Å². The lowest BCUT2D eigenvalue weighted by molar-refractivity contribution is 0.208. The summed E-state index contributed by atoms with van der Waals surface area (Å²) >= 11 is 0. The predicted octanol–water partition coefficient (Wildman–Crippen LogP) is 2.20. The maximum absolute atomic E-state index is 11.1. The molecule has 0 N–H and O–H groups in total. The quantitative estimate of drug-likeness (QED) is 0.721. The van der Waals surface area contributed by atoms with Gasteiger partial charge in [0.1, 0.15) is 0 Å². The van der Waals surface area contributed by atoms with Crippen LogP contribution in [0.15, 0.2) is 29.8 Å². The summed E-state index contributed by atoms with van der Waals surface area (Å²) in [7, 11) is 0. The van der Waals surface area contributed by atoms with Crippen molar-refractivity contribution in [1.82, 2.24) is 15.0 Å². The third-order valence-corrected chi connectivity index (χ3v) is 3.53. The van der Waals surface area contributed by atoms with E-state index in [-0.39, 0.29) is 0 Å². The van der Waals surface area contributed by atoms with Gasteiger partial charge >= 0.3 is 0 Å². The molecule has 2 bridgehead atoms. The largest absolute Gasteiger partial charge is 0.260 e. The predicted molar refractivity (Wildman–Crippen MR) is 67.0 cm³/mol. The average molecular weight is 244 g/mol. The van der Waals surface area contributed by atoms with Crippen molar-refractivity contribution >= 4 is 11.0 Å². The standard InChI is InChI=1S/C13H12N4O/c18-16-17-6-8-3-9(7-17)11-5-13-12(4-10(8)11)14-1-2-15-13/h1-2,4-5,8-9H,3,6-7H2/i6D2,7D2. The maximum atomic E-state index is 11.1. The maximum Gasteiger partial charge on any atom is 0.0889 e. The number of rotatable bonds is 1. The Morgan fingerprint density at radius 2 is 1.72 bits per heavy atom. The molecule has 1 aliphatic heterocycles. The lowest BCUT2D eigenvalue weighted by Crippen LogP contribution is -2.30. The van der Waals surface area contributed by atoms with E-state index in [2.05, 4.69) is 15.3 Å². The smallest absolute Gasteiger partial charge is 0.0889 e. The molecule has 0 spiro atoms. The first kappa shape index (κ1) is 6.78. The van der Waals surface area contributed by atoms with Crippen LogP contribution < -0.4 is 0 Å². The Bertz CT molecular complexity index is 736. The number of benzene rings is 1. The van der Waals surface area contributed by atoms with Gasteiger partial charge < -0.3 is 0 Å². The van der Waals surface area contributed by atoms with Crippen LogP contribution >= 0.6 is 0 Å². The zero-order chi connectivity index (χ0) is 15.7. The van der Waals surface area contributed by atoms with Gasteiger partial charge in [-0.3, -0.25) is 15.0 Å². The number of hydrogen-bond acceptors (Lipinski definition) is 4. The number of hydrogen-bond donors (Lipinski definition) is 0. The van der Waals surface area contributed by atoms with Crippen molar-refractivity contribution in [3.05, 3.63) is 40.6 Å². The van der Waals surface area contributed by atoms with Gasteiger partial charge in [-0.25, -0.2) is 0 Å². The minimum atomic E-state index is -2.18. The fourth-order valence-electron chi connectivity index (χ4n) is 2.76. The Labute approximate surface area is 109 Å². The molecule has 0 radical (unpaired) electrons.